The Labute approximate surface area is 158 Å². The average Bonchev–Trinajstić information content (AvgIpc) is 2.63. The molecule has 0 unspecified atom stereocenters. The highest BCUT2D eigenvalue weighted by Gasteiger charge is 2.27. The molecule has 1 amide bonds. The van der Waals surface area contributed by atoms with Gasteiger partial charge < -0.3 is 14.6 Å². The number of aromatic amines is 1. The number of ether oxygens (including phenoxy) is 1. The summed E-state index contributed by atoms with van der Waals surface area (Å²) in [7, 11) is 0. The number of aryl methyl sites for hydroxylation is 2. The number of benzene rings is 1. The summed E-state index contributed by atoms with van der Waals surface area (Å²) in [5.41, 5.74) is 1.49. The highest BCUT2D eigenvalue weighted by Crippen LogP contribution is 2.23. The van der Waals surface area contributed by atoms with Crippen LogP contribution in [0.2, 0.25) is 0 Å². The number of rotatable bonds is 4. The van der Waals surface area contributed by atoms with Crippen molar-refractivity contribution in [3.63, 3.8) is 0 Å². The lowest BCUT2D eigenvalue weighted by Gasteiger charge is -2.32. The van der Waals surface area contributed by atoms with E-state index in [1.54, 1.807) is 11.8 Å². The third-order valence-corrected chi connectivity index (χ3v) is 4.96. The molecule has 0 atom stereocenters. The minimum absolute atomic E-state index is 0.0177. The number of aromatic nitrogens is 1. The van der Waals surface area contributed by atoms with E-state index in [0.717, 1.165) is 11.3 Å². The van der Waals surface area contributed by atoms with Crippen LogP contribution in [-0.4, -0.2) is 40.8 Å². The monoisotopic (exact) mass is 368 g/mol. The van der Waals surface area contributed by atoms with Crippen LogP contribution >= 0.6 is 0 Å². The van der Waals surface area contributed by atoms with Crippen molar-refractivity contribution in [2.45, 2.75) is 39.7 Å². The van der Waals surface area contributed by atoms with Crippen LogP contribution in [0.15, 0.2) is 35.1 Å². The number of ketones is 1. The first kappa shape index (κ1) is 18.9. The van der Waals surface area contributed by atoms with Gasteiger partial charge in [0.1, 0.15) is 17.4 Å². The molecule has 0 radical (unpaired) electrons. The number of likely N-dealkylation sites (tertiary alicyclic amines) is 1. The number of piperidine rings is 1. The van der Waals surface area contributed by atoms with Crippen LogP contribution in [0.3, 0.4) is 0 Å². The second-order valence-electron chi connectivity index (χ2n) is 6.98. The zero-order chi connectivity index (χ0) is 19.6. The average molecular weight is 368 g/mol. The van der Waals surface area contributed by atoms with Gasteiger partial charge in [0, 0.05) is 37.2 Å². The van der Waals surface area contributed by atoms with Gasteiger partial charge in [0.05, 0.1) is 0 Å². The summed E-state index contributed by atoms with van der Waals surface area (Å²) in [6, 6.07) is 9.27. The van der Waals surface area contributed by atoms with Crippen molar-refractivity contribution in [1.29, 1.82) is 0 Å². The quantitative estimate of drug-likeness (QED) is 0.842. The van der Waals surface area contributed by atoms with Crippen LogP contribution in [0.25, 0.3) is 0 Å². The number of pyridine rings is 1. The number of hydrogen-bond donors (Lipinski definition) is 1. The van der Waals surface area contributed by atoms with E-state index in [1.165, 1.54) is 13.0 Å². The van der Waals surface area contributed by atoms with Gasteiger partial charge in [-0.1, -0.05) is 18.2 Å². The lowest BCUT2D eigenvalue weighted by Crippen LogP contribution is -2.43. The molecule has 27 heavy (non-hydrogen) atoms. The maximum Gasteiger partial charge on any atom is 0.261 e. The standard InChI is InChI=1S/C21H24N2O4/c1-13-6-4-5-7-19(13)27-16-8-10-23(11-9-16)21(26)18-12-17(15(3)24)14(2)22-20(18)25/h4-7,12,16H,8-11H2,1-3H3,(H,22,25). The highest BCUT2D eigenvalue weighted by atomic mass is 16.5. The Morgan fingerprint density at radius 1 is 1.11 bits per heavy atom. The van der Waals surface area contributed by atoms with E-state index in [0.29, 0.717) is 37.2 Å². The number of nitrogens with one attached hydrogen (secondary N) is 1. The minimum Gasteiger partial charge on any atom is -0.490 e. The summed E-state index contributed by atoms with van der Waals surface area (Å²) >= 11 is 0. The third kappa shape index (κ3) is 4.10. The van der Waals surface area contributed by atoms with E-state index in [4.69, 9.17) is 4.74 Å². The molecule has 2 aromatic rings. The zero-order valence-corrected chi connectivity index (χ0v) is 15.9. The molecule has 1 aliphatic heterocycles. The van der Waals surface area contributed by atoms with Crippen molar-refractivity contribution in [3.8, 4) is 5.75 Å². The van der Waals surface area contributed by atoms with Crippen molar-refractivity contribution in [1.82, 2.24) is 9.88 Å². The van der Waals surface area contributed by atoms with Gasteiger partial charge in [0.25, 0.3) is 11.5 Å². The van der Waals surface area contributed by atoms with Crippen molar-refractivity contribution in [3.05, 3.63) is 63.1 Å². The number of carbonyl (C=O) groups excluding carboxylic acids is 2. The van der Waals surface area contributed by atoms with E-state index in [1.807, 2.05) is 31.2 Å². The SMILES string of the molecule is CC(=O)c1cc(C(=O)N2CCC(Oc3ccccc3C)CC2)c(=O)[nH]c1C. The van der Waals surface area contributed by atoms with Crippen LogP contribution in [-0.2, 0) is 0 Å². The lowest BCUT2D eigenvalue weighted by atomic mass is 10.0. The molecular weight excluding hydrogens is 344 g/mol. The minimum atomic E-state index is -0.458. The number of para-hydroxylation sites is 1. The number of H-pyrrole nitrogens is 1. The van der Waals surface area contributed by atoms with Gasteiger partial charge in [-0.3, -0.25) is 14.4 Å². The lowest BCUT2D eigenvalue weighted by molar-refractivity contribution is 0.0592. The van der Waals surface area contributed by atoms with Crippen LogP contribution in [0, 0.1) is 13.8 Å². The van der Waals surface area contributed by atoms with Gasteiger partial charge in [-0.2, -0.15) is 0 Å². The first-order valence-electron chi connectivity index (χ1n) is 9.13. The predicted molar refractivity (Wildman–Crippen MR) is 103 cm³/mol. The Hall–Kier alpha value is -2.89. The topological polar surface area (TPSA) is 79.5 Å². The largest absolute Gasteiger partial charge is 0.490 e. The zero-order valence-electron chi connectivity index (χ0n) is 15.9. The molecule has 0 saturated carbocycles. The van der Waals surface area contributed by atoms with Gasteiger partial charge >= 0.3 is 0 Å². The Morgan fingerprint density at radius 3 is 2.41 bits per heavy atom. The molecule has 1 N–H and O–H groups in total. The molecule has 1 aliphatic rings. The Balaban J connectivity index is 1.69. The normalized spacial score (nSPS) is 14.9. The Morgan fingerprint density at radius 2 is 1.78 bits per heavy atom. The van der Waals surface area contributed by atoms with Crippen molar-refractivity contribution < 1.29 is 14.3 Å². The second kappa shape index (κ2) is 7.78. The Kier molecular flexibility index (Phi) is 5.44. The van der Waals surface area contributed by atoms with Gasteiger partial charge in [-0.25, -0.2) is 0 Å². The maximum absolute atomic E-state index is 12.8. The Bertz CT molecular complexity index is 924. The van der Waals surface area contributed by atoms with Gasteiger partial charge in [0.15, 0.2) is 5.78 Å². The molecule has 3 rings (SSSR count). The summed E-state index contributed by atoms with van der Waals surface area (Å²) < 4.78 is 6.06. The fraction of sp³-hybridized carbons (Fsp3) is 0.381. The molecule has 2 heterocycles. The first-order chi connectivity index (χ1) is 12.9. The van der Waals surface area contributed by atoms with Crippen molar-refractivity contribution in [2.75, 3.05) is 13.1 Å². The van der Waals surface area contributed by atoms with Gasteiger partial charge in [0.2, 0.25) is 0 Å². The number of nitrogens with zero attached hydrogens (tertiary/aromatic N) is 1. The fourth-order valence-electron chi connectivity index (χ4n) is 3.36. The molecule has 1 aromatic heterocycles. The van der Waals surface area contributed by atoms with E-state index >= 15 is 0 Å². The molecule has 0 aliphatic carbocycles. The molecule has 6 heteroatoms. The summed E-state index contributed by atoms with van der Waals surface area (Å²) in [6.07, 6.45) is 1.44. The number of amides is 1. The van der Waals surface area contributed by atoms with E-state index in [9.17, 15) is 14.4 Å². The molecule has 0 spiro atoms. The highest BCUT2D eigenvalue weighted by molar-refractivity contribution is 5.99. The van der Waals surface area contributed by atoms with Crippen molar-refractivity contribution >= 4 is 11.7 Å². The number of Topliss-reactive ketones (excluding diaryl/α,β-unsaturated/α-hetero) is 1. The summed E-state index contributed by atoms with van der Waals surface area (Å²) in [5, 5.41) is 0. The van der Waals surface area contributed by atoms with E-state index < -0.39 is 5.56 Å². The van der Waals surface area contributed by atoms with Crippen LogP contribution < -0.4 is 10.3 Å². The van der Waals surface area contributed by atoms with E-state index in [2.05, 4.69) is 4.98 Å². The summed E-state index contributed by atoms with van der Waals surface area (Å²) in [5.74, 6) is 0.347. The number of carbonyl (C=O) groups is 2. The molecule has 1 aromatic carbocycles. The molecule has 1 fully saturated rings. The third-order valence-electron chi connectivity index (χ3n) is 4.96. The summed E-state index contributed by atoms with van der Waals surface area (Å²) in [6.45, 7) is 6.10. The van der Waals surface area contributed by atoms with Crippen molar-refractivity contribution in [2.24, 2.45) is 0 Å². The van der Waals surface area contributed by atoms with Gasteiger partial charge in [-0.15, -0.1) is 0 Å². The van der Waals surface area contributed by atoms with Crippen LogP contribution in [0.5, 0.6) is 5.75 Å². The molecule has 6 nitrogen and oxygen atoms in total. The fourth-order valence-corrected chi connectivity index (χ4v) is 3.36. The smallest absolute Gasteiger partial charge is 0.261 e. The summed E-state index contributed by atoms with van der Waals surface area (Å²) in [4.78, 5) is 41.0. The molecular formula is C21H24N2O4. The maximum atomic E-state index is 12.8. The molecule has 142 valence electrons. The molecule has 1 saturated heterocycles. The number of hydrogen-bond acceptors (Lipinski definition) is 4. The van der Waals surface area contributed by atoms with Crippen LogP contribution in [0.1, 0.15) is 51.7 Å². The second-order valence-corrected chi connectivity index (χ2v) is 6.98. The van der Waals surface area contributed by atoms with Crippen LogP contribution in [0.4, 0.5) is 0 Å². The molecule has 0 bridgehead atoms. The first-order valence-corrected chi connectivity index (χ1v) is 9.13. The van der Waals surface area contributed by atoms with Gasteiger partial charge in [-0.05, 0) is 38.5 Å². The predicted octanol–water partition coefficient (Wildman–Crippen LogP) is 2.88. The van der Waals surface area contributed by atoms with E-state index in [-0.39, 0.29) is 23.4 Å².